The maximum atomic E-state index is 13.6. The maximum absolute atomic E-state index is 13.6. The molecule has 2 rings (SSSR count). The minimum atomic E-state index is -3.87. The zero-order valence-electron chi connectivity index (χ0n) is 11.7. The molecule has 1 N–H and O–H groups in total. The molecular formula is C15H12Cl2FNO3S. The Kier molecular flexibility index (Phi) is 5.62. The van der Waals surface area contributed by atoms with Crippen molar-refractivity contribution in [3.8, 4) is 0 Å². The molecule has 8 heteroatoms. The number of halogens is 3. The van der Waals surface area contributed by atoms with Gasteiger partial charge in [-0.1, -0.05) is 29.3 Å². The van der Waals surface area contributed by atoms with Crippen LogP contribution in [0, 0.1) is 5.82 Å². The van der Waals surface area contributed by atoms with Gasteiger partial charge in [0.15, 0.2) is 9.84 Å². The quantitative estimate of drug-likeness (QED) is 0.866. The average Bonchev–Trinajstić information content (AvgIpc) is 2.45. The summed E-state index contributed by atoms with van der Waals surface area (Å²) in [6, 6.07) is 10.1. The number of anilines is 1. The number of amides is 1. The fourth-order valence-electron chi connectivity index (χ4n) is 1.87. The Labute approximate surface area is 143 Å². The molecule has 0 aromatic heterocycles. The van der Waals surface area contributed by atoms with Gasteiger partial charge in [-0.25, -0.2) is 12.8 Å². The zero-order valence-corrected chi connectivity index (χ0v) is 14.1. The van der Waals surface area contributed by atoms with Crippen LogP contribution in [0.4, 0.5) is 10.1 Å². The van der Waals surface area contributed by atoms with Crippen LogP contribution in [0.25, 0.3) is 0 Å². The van der Waals surface area contributed by atoms with Gasteiger partial charge in [0.2, 0.25) is 5.91 Å². The third-order valence-corrected chi connectivity index (χ3v) is 4.94. The number of nitrogens with one attached hydrogen (secondary N) is 1. The van der Waals surface area contributed by atoms with E-state index < -0.39 is 33.1 Å². The van der Waals surface area contributed by atoms with E-state index in [-0.39, 0.29) is 10.6 Å². The lowest BCUT2D eigenvalue weighted by Gasteiger charge is -2.08. The molecule has 122 valence electrons. The monoisotopic (exact) mass is 375 g/mol. The highest BCUT2D eigenvalue weighted by Gasteiger charge is 2.21. The molecule has 4 nitrogen and oxygen atoms in total. The second-order valence-corrected chi connectivity index (χ2v) is 7.70. The summed E-state index contributed by atoms with van der Waals surface area (Å²) < 4.78 is 37.7. The lowest BCUT2D eigenvalue weighted by Crippen LogP contribution is -2.24. The number of carbonyl (C=O) groups excluding carboxylic acids is 1. The molecule has 0 unspecified atom stereocenters. The minimum Gasteiger partial charge on any atom is -0.325 e. The van der Waals surface area contributed by atoms with E-state index in [2.05, 4.69) is 5.32 Å². The lowest BCUT2D eigenvalue weighted by atomic mass is 10.2. The van der Waals surface area contributed by atoms with Crippen molar-refractivity contribution < 1.29 is 17.6 Å². The number of benzene rings is 2. The molecule has 0 radical (unpaired) electrons. The summed E-state index contributed by atoms with van der Waals surface area (Å²) in [4.78, 5) is 11.8. The molecule has 0 heterocycles. The first kappa shape index (κ1) is 17.7. The molecule has 0 aliphatic carbocycles. The van der Waals surface area contributed by atoms with Gasteiger partial charge in [0.05, 0.1) is 5.75 Å². The Balaban J connectivity index is 2.06. The van der Waals surface area contributed by atoms with Gasteiger partial charge < -0.3 is 5.32 Å². The normalized spacial score (nSPS) is 11.3. The molecule has 1 amide bonds. The van der Waals surface area contributed by atoms with E-state index in [9.17, 15) is 17.6 Å². The van der Waals surface area contributed by atoms with E-state index in [1.54, 1.807) is 24.3 Å². The average molecular weight is 376 g/mol. The van der Waals surface area contributed by atoms with Crippen LogP contribution in [0.5, 0.6) is 0 Å². The zero-order chi connectivity index (χ0) is 17.0. The molecule has 0 aliphatic rings. The Hall–Kier alpha value is -1.63. The summed E-state index contributed by atoms with van der Waals surface area (Å²) in [5.41, 5.74) is 0.270. The smallest absolute Gasteiger partial charge is 0.239 e. The summed E-state index contributed by atoms with van der Waals surface area (Å²) in [7, 11) is -3.87. The van der Waals surface area contributed by atoms with Crippen molar-refractivity contribution in [2.45, 2.75) is 5.75 Å². The highest BCUT2D eigenvalue weighted by Crippen LogP contribution is 2.22. The summed E-state index contributed by atoms with van der Waals surface area (Å²) in [5, 5.41) is 2.93. The van der Waals surface area contributed by atoms with Crippen LogP contribution in [0.2, 0.25) is 10.0 Å². The maximum Gasteiger partial charge on any atom is 0.239 e. The van der Waals surface area contributed by atoms with Gasteiger partial charge in [0.25, 0.3) is 0 Å². The Morgan fingerprint density at radius 1 is 1.09 bits per heavy atom. The van der Waals surface area contributed by atoms with Crippen LogP contribution in [0.1, 0.15) is 5.56 Å². The Bertz CT molecular complexity index is 803. The Morgan fingerprint density at radius 2 is 1.74 bits per heavy atom. The molecule has 0 saturated carbocycles. The molecule has 0 bridgehead atoms. The van der Waals surface area contributed by atoms with Gasteiger partial charge in [0.1, 0.15) is 11.6 Å². The van der Waals surface area contributed by atoms with Crippen LogP contribution in [0.3, 0.4) is 0 Å². The summed E-state index contributed by atoms with van der Waals surface area (Å²) in [5.74, 6) is -2.87. The van der Waals surface area contributed by atoms with Crippen molar-refractivity contribution >= 4 is 44.6 Å². The third-order valence-electron chi connectivity index (χ3n) is 2.90. The molecular weight excluding hydrogens is 364 g/mol. The van der Waals surface area contributed by atoms with Gasteiger partial charge in [-0.05, 0) is 36.4 Å². The SMILES string of the molecule is O=C(CS(=O)(=O)Cc1c(F)cccc1Cl)Nc1ccc(Cl)cc1. The molecule has 2 aromatic carbocycles. The van der Waals surface area contributed by atoms with Gasteiger partial charge in [-0.2, -0.15) is 0 Å². The van der Waals surface area contributed by atoms with E-state index in [1.165, 1.54) is 12.1 Å². The van der Waals surface area contributed by atoms with Gasteiger partial charge in [-0.3, -0.25) is 4.79 Å². The van der Waals surface area contributed by atoms with E-state index in [1.807, 2.05) is 0 Å². The van der Waals surface area contributed by atoms with Gasteiger partial charge in [0, 0.05) is 21.3 Å². The van der Waals surface area contributed by atoms with Crippen LogP contribution >= 0.6 is 23.2 Å². The van der Waals surface area contributed by atoms with E-state index in [0.717, 1.165) is 6.07 Å². The fourth-order valence-corrected chi connectivity index (χ4v) is 3.61. The number of hydrogen-bond donors (Lipinski definition) is 1. The highest BCUT2D eigenvalue weighted by molar-refractivity contribution is 7.91. The lowest BCUT2D eigenvalue weighted by molar-refractivity contribution is -0.113. The van der Waals surface area contributed by atoms with Gasteiger partial charge >= 0.3 is 0 Å². The second kappa shape index (κ2) is 7.29. The first-order valence-electron chi connectivity index (χ1n) is 6.45. The van der Waals surface area contributed by atoms with E-state index >= 15 is 0 Å². The van der Waals surface area contributed by atoms with Crippen molar-refractivity contribution in [3.63, 3.8) is 0 Å². The van der Waals surface area contributed by atoms with Crippen LogP contribution in [-0.2, 0) is 20.4 Å². The Morgan fingerprint density at radius 3 is 2.35 bits per heavy atom. The molecule has 2 aromatic rings. The van der Waals surface area contributed by atoms with Gasteiger partial charge in [-0.15, -0.1) is 0 Å². The van der Waals surface area contributed by atoms with Crippen molar-refractivity contribution in [2.24, 2.45) is 0 Å². The number of carbonyl (C=O) groups is 1. The van der Waals surface area contributed by atoms with Crippen molar-refractivity contribution in [1.82, 2.24) is 0 Å². The topological polar surface area (TPSA) is 63.2 Å². The number of rotatable bonds is 5. The standard InChI is InChI=1S/C15H12Cl2FNO3S/c16-10-4-6-11(7-5-10)19-15(20)9-23(21,22)8-12-13(17)2-1-3-14(12)18/h1-7H,8-9H2,(H,19,20). The fraction of sp³-hybridized carbons (Fsp3) is 0.133. The van der Waals surface area contributed by atoms with Crippen LogP contribution in [0.15, 0.2) is 42.5 Å². The second-order valence-electron chi connectivity index (χ2n) is 4.79. The largest absolute Gasteiger partial charge is 0.325 e. The highest BCUT2D eigenvalue weighted by atomic mass is 35.5. The van der Waals surface area contributed by atoms with Crippen molar-refractivity contribution in [1.29, 1.82) is 0 Å². The van der Waals surface area contributed by atoms with E-state index in [4.69, 9.17) is 23.2 Å². The first-order chi connectivity index (χ1) is 10.8. The van der Waals surface area contributed by atoms with Crippen molar-refractivity contribution in [2.75, 3.05) is 11.1 Å². The summed E-state index contributed by atoms with van der Waals surface area (Å²) >= 11 is 11.5. The van der Waals surface area contributed by atoms with Crippen molar-refractivity contribution in [3.05, 3.63) is 63.9 Å². The first-order valence-corrected chi connectivity index (χ1v) is 9.03. The van der Waals surface area contributed by atoms with Crippen LogP contribution < -0.4 is 5.32 Å². The molecule has 0 aliphatic heterocycles. The summed E-state index contributed by atoms with van der Waals surface area (Å²) in [6.45, 7) is 0. The number of hydrogen-bond acceptors (Lipinski definition) is 3. The van der Waals surface area contributed by atoms with Crippen LogP contribution in [-0.4, -0.2) is 20.1 Å². The molecule has 0 saturated heterocycles. The predicted molar refractivity (Wildman–Crippen MR) is 89.0 cm³/mol. The molecule has 0 spiro atoms. The predicted octanol–water partition coefficient (Wildman–Crippen LogP) is 3.69. The number of sulfone groups is 1. The third kappa shape index (κ3) is 5.20. The van der Waals surface area contributed by atoms with E-state index in [0.29, 0.717) is 10.7 Å². The summed E-state index contributed by atoms with van der Waals surface area (Å²) in [6.07, 6.45) is 0. The minimum absolute atomic E-state index is 0.00619. The molecule has 0 atom stereocenters. The molecule has 0 fully saturated rings. The molecule has 23 heavy (non-hydrogen) atoms.